The van der Waals surface area contributed by atoms with Gasteiger partial charge in [0.2, 0.25) is 17.7 Å². The highest BCUT2D eigenvalue weighted by Crippen LogP contribution is 2.45. The third kappa shape index (κ3) is 7.62. The molecule has 0 aromatic heterocycles. The number of amides is 3. The van der Waals surface area contributed by atoms with Gasteiger partial charge in [0.05, 0.1) is 19.1 Å². The van der Waals surface area contributed by atoms with E-state index in [9.17, 15) is 24.6 Å². The highest BCUT2D eigenvalue weighted by Gasteiger charge is 2.48. The van der Waals surface area contributed by atoms with Crippen LogP contribution < -0.4 is 16.0 Å². The zero-order valence-corrected chi connectivity index (χ0v) is 24.3. The fourth-order valence-corrected chi connectivity index (χ4v) is 5.55. The Balaban J connectivity index is 1.81. The standard InChI is InChI=1S/C31H42ClN3O5/c1-4-5-14-26(29(39)34-25(20-36)17-21-15-16-33-28(21)38)35-27(37)19-31(40,22-10-7-6-8-11-22)30(2,3)23-12-9-13-24(32)18-23/h6-13,18,21,25-26,36,40H,4-5,14-17,19-20H2,1-3H3,(H,33,38)(H,34,39)(H,35,37)/t21-,25-,26-,31?/m0/s1. The van der Waals surface area contributed by atoms with Crippen molar-refractivity contribution in [1.29, 1.82) is 0 Å². The van der Waals surface area contributed by atoms with E-state index < -0.39 is 34.9 Å². The molecular formula is C31H42ClN3O5. The van der Waals surface area contributed by atoms with Crippen molar-refractivity contribution in [3.8, 4) is 0 Å². The molecule has 5 N–H and O–H groups in total. The van der Waals surface area contributed by atoms with Gasteiger partial charge in [-0.2, -0.15) is 0 Å². The molecule has 0 spiro atoms. The van der Waals surface area contributed by atoms with Crippen LogP contribution in [0.15, 0.2) is 54.6 Å². The second-order valence-electron chi connectivity index (χ2n) is 11.2. The Labute approximate surface area is 241 Å². The second kappa shape index (κ2) is 14.1. The fourth-order valence-electron chi connectivity index (χ4n) is 5.36. The Morgan fingerprint density at radius 1 is 1.10 bits per heavy atom. The average Bonchev–Trinajstić information content (AvgIpc) is 3.34. The van der Waals surface area contributed by atoms with E-state index in [-0.39, 0.29) is 24.9 Å². The molecule has 218 valence electrons. The van der Waals surface area contributed by atoms with Gasteiger partial charge in [-0.25, -0.2) is 0 Å². The minimum Gasteiger partial charge on any atom is -0.394 e. The lowest BCUT2D eigenvalue weighted by atomic mass is 9.65. The number of carbonyl (C=O) groups is 3. The number of hydrogen-bond acceptors (Lipinski definition) is 5. The van der Waals surface area contributed by atoms with E-state index >= 15 is 0 Å². The van der Waals surface area contributed by atoms with Crippen LogP contribution in [0.4, 0.5) is 0 Å². The Morgan fingerprint density at radius 2 is 1.80 bits per heavy atom. The van der Waals surface area contributed by atoms with Crippen LogP contribution in [0.2, 0.25) is 5.02 Å². The van der Waals surface area contributed by atoms with E-state index in [0.29, 0.717) is 42.8 Å². The third-order valence-electron chi connectivity index (χ3n) is 8.04. The predicted octanol–water partition coefficient (Wildman–Crippen LogP) is 3.57. The van der Waals surface area contributed by atoms with Crippen molar-refractivity contribution in [2.45, 2.75) is 82.4 Å². The van der Waals surface area contributed by atoms with E-state index in [0.717, 1.165) is 12.0 Å². The van der Waals surface area contributed by atoms with Crippen LogP contribution in [0.25, 0.3) is 0 Å². The molecule has 40 heavy (non-hydrogen) atoms. The van der Waals surface area contributed by atoms with Gasteiger partial charge >= 0.3 is 0 Å². The maximum Gasteiger partial charge on any atom is 0.242 e. The topological polar surface area (TPSA) is 128 Å². The smallest absolute Gasteiger partial charge is 0.242 e. The molecule has 2 aromatic rings. The normalized spacial score (nSPS) is 18.4. The van der Waals surface area contributed by atoms with Crippen LogP contribution >= 0.6 is 11.6 Å². The Kier molecular flexibility index (Phi) is 11.1. The zero-order valence-electron chi connectivity index (χ0n) is 23.6. The largest absolute Gasteiger partial charge is 0.394 e. The molecular weight excluding hydrogens is 530 g/mol. The van der Waals surface area contributed by atoms with Crippen LogP contribution in [0, 0.1) is 5.92 Å². The minimum absolute atomic E-state index is 0.0777. The molecule has 8 nitrogen and oxygen atoms in total. The Morgan fingerprint density at radius 3 is 2.40 bits per heavy atom. The second-order valence-corrected chi connectivity index (χ2v) is 11.6. The van der Waals surface area contributed by atoms with Gasteiger partial charge in [0, 0.05) is 22.9 Å². The molecule has 0 saturated carbocycles. The van der Waals surface area contributed by atoms with Crippen molar-refractivity contribution < 1.29 is 24.6 Å². The molecule has 2 aromatic carbocycles. The Bertz CT molecular complexity index is 1160. The van der Waals surface area contributed by atoms with Gasteiger partial charge in [0.25, 0.3) is 0 Å². The first-order valence-corrected chi connectivity index (χ1v) is 14.4. The summed E-state index contributed by atoms with van der Waals surface area (Å²) >= 11 is 6.27. The lowest BCUT2D eigenvalue weighted by Crippen LogP contribution is -2.53. The van der Waals surface area contributed by atoms with Gasteiger partial charge in [-0.15, -0.1) is 0 Å². The summed E-state index contributed by atoms with van der Waals surface area (Å²) in [6.07, 6.45) is 2.60. The number of benzene rings is 2. The first-order valence-electron chi connectivity index (χ1n) is 14.0. The molecule has 3 amide bonds. The Hall–Kier alpha value is -2.94. The van der Waals surface area contributed by atoms with Crippen LogP contribution in [0.5, 0.6) is 0 Å². The highest BCUT2D eigenvalue weighted by molar-refractivity contribution is 6.30. The minimum atomic E-state index is -1.63. The lowest BCUT2D eigenvalue weighted by molar-refractivity contribution is -0.135. The summed E-state index contributed by atoms with van der Waals surface area (Å²) in [4.78, 5) is 38.8. The van der Waals surface area contributed by atoms with E-state index in [2.05, 4.69) is 16.0 Å². The number of aliphatic hydroxyl groups excluding tert-OH is 1. The van der Waals surface area contributed by atoms with Crippen molar-refractivity contribution >= 4 is 29.3 Å². The van der Waals surface area contributed by atoms with E-state index in [1.165, 1.54) is 0 Å². The number of nitrogens with one attached hydrogen (secondary N) is 3. The monoisotopic (exact) mass is 571 g/mol. The summed E-state index contributed by atoms with van der Waals surface area (Å²) in [5, 5.41) is 31.1. The van der Waals surface area contributed by atoms with E-state index in [1.807, 2.05) is 51.1 Å². The number of rotatable bonds is 14. The van der Waals surface area contributed by atoms with Crippen molar-refractivity contribution in [1.82, 2.24) is 16.0 Å². The van der Waals surface area contributed by atoms with E-state index in [1.54, 1.807) is 24.3 Å². The molecule has 1 aliphatic rings. The molecule has 4 atom stereocenters. The lowest BCUT2D eigenvalue weighted by Gasteiger charge is -2.43. The van der Waals surface area contributed by atoms with Crippen LogP contribution in [-0.4, -0.2) is 53.2 Å². The van der Waals surface area contributed by atoms with Crippen molar-refractivity contribution in [3.05, 3.63) is 70.7 Å². The summed E-state index contributed by atoms with van der Waals surface area (Å²) in [5.74, 6) is -1.24. The van der Waals surface area contributed by atoms with Gasteiger partial charge in [-0.1, -0.05) is 87.7 Å². The molecule has 9 heteroatoms. The summed E-state index contributed by atoms with van der Waals surface area (Å²) in [6, 6.07) is 14.8. The molecule has 0 radical (unpaired) electrons. The van der Waals surface area contributed by atoms with Crippen molar-refractivity contribution in [3.63, 3.8) is 0 Å². The van der Waals surface area contributed by atoms with Crippen LogP contribution in [-0.2, 0) is 25.4 Å². The van der Waals surface area contributed by atoms with Gasteiger partial charge in [-0.05, 0) is 42.5 Å². The number of halogens is 1. The summed E-state index contributed by atoms with van der Waals surface area (Å²) in [6.45, 7) is 6.00. The maximum atomic E-state index is 13.6. The fraction of sp³-hybridized carbons (Fsp3) is 0.516. The van der Waals surface area contributed by atoms with E-state index in [4.69, 9.17) is 11.6 Å². The van der Waals surface area contributed by atoms with Gasteiger partial charge in [0.15, 0.2) is 0 Å². The van der Waals surface area contributed by atoms with Gasteiger partial charge < -0.3 is 26.2 Å². The predicted molar refractivity (Wildman–Crippen MR) is 156 cm³/mol. The molecule has 0 bridgehead atoms. The number of aliphatic hydroxyl groups is 2. The molecule has 1 saturated heterocycles. The third-order valence-corrected chi connectivity index (χ3v) is 8.28. The molecule has 1 heterocycles. The summed E-state index contributed by atoms with van der Waals surface area (Å²) in [7, 11) is 0. The molecule has 1 aliphatic heterocycles. The molecule has 1 fully saturated rings. The maximum absolute atomic E-state index is 13.6. The van der Waals surface area contributed by atoms with Crippen LogP contribution in [0.1, 0.15) is 70.4 Å². The van der Waals surface area contributed by atoms with Gasteiger partial charge in [-0.3, -0.25) is 14.4 Å². The first kappa shape index (κ1) is 31.6. The SMILES string of the molecule is CCCC[C@H](NC(=O)CC(O)(c1ccccc1)C(C)(C)c1cccc(Cl)c1)C(=O)N[C@H](CO)C[C@@H]1CCNC1=O. The van der Waals surface area contributed by atoms with Gasteiger partial charge in [0.1, 0.15) is 11.6 Å². The van der Waals surface area contributed by atoms with Crippen molar-refractivity contribution in [2.24, 2.45) is 5.92 Å². The highest BCUT2D eigenvalue weighted by atomic mass is 35.5. The summed E-state index contributed by atoms with van der Waals surface area (Å²) in [5.41, 5.74) is -1.22. The number of unbranched alkanes of at least 4 members (excludes halogenated alkanes) is 1. The quantitative estimate of drug-likeness (QED) is 0.237. The first-order chi connectivity index (χ1) is 19.0. The molecule has 0 aliphatic carbocycles. The van der Waals surface area contributed by atoms with Crippen molar-refractivity contribution in [2.75, 3.05) is 13.2 Å². The zero-order chi connectivity index (χ0) is 29.3. The number of carbonyl (C=O) groups excluding carboxylic acids is 3. The molecule has 3 rings (SSSR count). The summed E-state index contributed by atoms with van der Waals surface area (Å²) < 4.78 is 0. The van der Waals surface area contributed by atoms with Crippen LogP contribution in [0.3, 0.4) is 0 Å². The number of hydrogen-bond donors (Lipinski definition) is 5. The molecule has 1 unspecified atom stereocenters. The average molecular weight is 572 g/mol.